The van der Waals surface area contributed by atoms with Gasteiger partial charge in [-0.25, -0.2) is 0 Å². The number of carbonyl (C=O) groups excluding carboxylic acids is 1. The van der Waals surface area contributed by atoms with Crippen LogP contribution in [0.15, 0.2) is 0 Å². The minimum Gasteiger partial charge on any atom is -0.358 e. The van der Waals surface area contributed by atoms with Crippen molar-refractivity contribution in [2.75, 3.05) is 0 Å². The zero-order chi connectivity index (χ0) is 7.03. The Morgan fingerprint density at radius 1 is 1.30 bits per heavy atom. The third kappa shape index (κ3) is 0.788. The van der Waals surface area contributed by atoms with E-state index in [0.29, 0.717) is 0 Å². The van der Waals surface area contributed by atoms with Gasteiger partial charge in [-0.05, 0) is 12.8 Å². The molecule has 2 nitrogen and oxygen atoms in total. The van der Waals surface area contributed by atoms with Gasteiger partial charge in [0, 0.05) is 0 Å². The Morgan fingerprint density at radius 2 is 2.00 bits per heavy atom. The topological polar surface area (TPSA) is 29.6 Å². The van der Waals surface area contributed by atoms with Gasteiger partial charge in [0.15, 0.2) is 6.29 Å². The van der Waals surface area contributed by atoms with Crippen LogP contribution in [0.25, 0.3) is 0 Å². The van der Waals surface area contributed by atoms with Crippen molar-refractivity contribution in [2.45, 2.75) is 43.8 Å². The highest BCUT2D eigenvalue weighted by Crippen LogP contribution is 2.46. The molecule has 1 aliphatic heterocycles. The van der Waals surface area contributed by atoms with Crippen LogP contribution in [-0.2, 0) is 9.53 Å². The third-order valence-electron chi connectivity index (χ3n) is 2.65. The SMILES string of the molecule is O=C[C@@H]1OC12CCCCC2. The van der Waals surface area contributed by atoms with E-state index >= 15 is 0 Å². The summed E-state index contributed by atoms with van der Waals surface area (Å²) in [5, 5.41) is 0. The molecule has 1 aliphatic carbocycles. The summed E-state index contributed by atoms with van der Waals surface area (Å²) in [5.41, 5.74) is 0.0278. The average Bonchev–Trinajstić information content (AvgIpc) is 2.65. The number of ether oxygens (including phenoxy) is 1. The fourth-order valence-corrected chi connectivity index (χ4v) is 1.92. The molecule has 2 aliphatic rings. The fraction of sp³-hybridized carbons (Fsp3) is 0.875. The van der Waals surface area contributed by atoms with Crippen molar-refractivity contribution in [3.63, 3.8) is 0 Å². The van der Waals surface area contributed by atoms with E-state index in [1.807, 2.05) is 0 Å². The fourth-order valence-electron chi connectivity index (χ4n) is 1.92. The van der Waals surface area contributed by atoms with E-state index in [2.05, 4.69) is 0 Å². The number of aldehydes is 1. The average molecular weight is 140 g/mol. The van der Waals surface area contributed by atoms with Crippen LogP contribution in [-0.4, -0.2) is 18.0 Å². The van der Waals surface area contributed by atoms with Crippen LogP contribution in [0.2, 0.25) is 0 Å². The van der Waals surface area contributed by atoms with Gasteiger partial charge >= 0.3 is 0 Å². The van der Waals surface area contributed by atoms with Gasteiger partial charge in [0.05, 0.1) is 0 Å². The van der Waals surface area contributed by atoms with Crippen molar-refractivity contribution in [1.29, 1.82) is 0 Å². The standard InChI is InChI=1S/C8H12O2/c9-6-7-8(10-7)4-2-1-3-5-8/h6-7H,1-5H2/t7-/m0/s1. The van der Waals surface area contributed by atoms with Crippen molar-refractivity contribution < 1.29 is 9.53 Å². The van der Waals surface area contributed by atoms with E-state index < -0.39 is 0 Å². The Morgan fingerprint density at radius 3 is 2.50 bits per heavy atom. The summed E-state index contributed by atoms with van der Waals surface area (Å²) in [6.45, 7) is 0. The molecule has 0 radical (unpaired) electrons. The first-order valence-corrected chi connectivity index (χ1v) is 4.00. The Labute approximate surface area is 60.6 Å². The molecule has 0 aromatic carbocycles. The molecule has 0 bridgehead atoms. The lowest BCUT2D eigenvalue weighted by Crippen LogP contribution is -2.19. The van der Waals surface area contributed by atoms with E-state index in [9.17, 15) is 4.79 Å². The van der Waals surface area contributed by atoms with Crippen LogP contribution in [0.3, 0.4) is 0 Å². The van der Waals surface area contributed by atoms with Gasteiger partial charge in [-0.1, -0.05) is 19.3 Å². The zero-order valence-electron chi connectivity index (χ0n) is 6.01. The van der Waals surface area contributed by atoms with Crippen molar-refractivity contribution in [2.24, 2.45) is 0 Å². The maximum atomic E-state index is 10.3. The van der Waals surface area contributed by atoms with Crippen molar-refractivity contribution in [1.82, 2.24) is 0 Å². The van der Waals surface area contributed by atoms with Gasteiger partial charge in [-0.2, -0.15) is 0 Å². The molecule has 2 fully saturated rings. The summed E-state index contributed by atoms with van der Waals surface area (Å²) in [6, 6.07) is 0. The molecule has 1 atom stereocenters. The highest BCUT2D eigenvalue weighted by atomic mass is 16.6. The van der Waals surface area contributed by atoms with Gasteiger partial charge < -0.3 is 9.53 Å². The van der Waals surface area contributed by atoms with E-state index in [-0.39, 0.29) is 11.7 Å². The van der Waals surface area contributed by atoms with Crippen molar-refractivity contribution >= 4 is 6.29 Å². The summed E-state index contributed by atoms with van der Waals surface area (Å²) in [6.07, 6.45) is 6.91. The van der Waals surface area contributed by atoms with E-state index in [4.69, 9.17) is 4.74 Å². The van der Waals surface area contributed by atoms with Gasteiger partial charge in [-0.15, -0.1) is 0 Å². The van der Waals surface area contributed by atoms with E-state index in [0.717, 1.165) is 19.1 Å². The summed E-state index contributed by atoms with van der Waals surface area (Å²) in [4.78, 5) is 10.3. The first kappa shape index (κ1) is 6.35. The normalized spacial score (nSPS) is 35.8. The van der Waals surface area contributed by atoms with Crippen molar-refractivity contribution in [3.8, 4) is 0 Å². The largest absolute Gasteiger partial charge is 0.358 e. The molecule has 1 saturated carbocycles. The molecule has 0 aromatic heterocycles. The lowest BCUT2D eigenvalue weighted by Gasteiger charge is -2.16. The molecule has 0 aromatic rings. The highest BCUT2D eigenvalue weighted by molar-refractivity contribution is 5.62. The summed E-state index contributed by atoms with van der Waals surface area (Å²) in [7, 11) is 0. The second kappa shape index (κ2) is 2.06. The number of epoxide rings is 1. The maximum Gasteiger partial charge on any atom is 0.151 e. The monoisotopic (exact) mass is 140 g/mol. The Bertz CT molecular complexity index is 147. The minimum atomic E-state index is -0.0483. The molecule has 0 amide bonds. The molecule has 0 unspecified atom stereocenters. The summed E-state index contributed by atoms with van der Waals surface area (Å²) < 4.78 is 5.33. The van der Waals surface area contributed by atoms with Gasteiger partial charge in [0.2, 0.25) is 0 Å². The smallest absolute Gasteiger partial charge is 0.151 e. The van der Waals surface area contributed by atoms with Gasteiger partial charge in [0.1, 0.15) is 11.7 Å². The molecule has 56 valence electrons. The molecule has 10 heavy (non-hydrogen) atoms. The van der Waals surface area contributed by atoms with Crippen LogP contribution in [0.1, 0.15) is 32.1 Å². The van der Waals surface area contributed by atoms with Crippen molar-refractivity contribution in [3.05, 3.63) is 0 Å². The number of rotatable bonds is 1. The highest BCUT2D eigenvalue weighted by Gasteiger charge is 2.55. The molecule has 1 spiro atoms. The second-order valence-corrected chi connectivity index (χ2v) is 3.30. The van der Waals surface area contributed by atoms with Crippen LogP contribution in [0.4, 0.5) is 0 Å². The van der Waals surface area contributed by atoms with Crippen LogP contribution < -0.4 is 0 Å². The van der Waals surface area contributed by atoms with Gasteiger partial charge in [0.25, 0.3) is 0 Å². The van der Waals surface area contributed by atoms with Crippen LogP contribution >= 0.6 is 0 Å². The number of hydrogen-bond donors (Lipinski definition) is 0. The molecular weight excluding hydrogens is 128 g/mol. The van der Waals surface area contributed by atoms with E-state index in [1.165, 1.54) is 19.3 Å². The quantitative estimate of drug-likeness (QED) is 0.405. The zero-order valence-corrected chi connectivity index (χ0v) is 6.01. The predicted octanol–water partition coefficient (Wildman–Crippen LogP) is 1.29. The van der Waals surface area contributed by atoms with Crippen LogP contribution in [0.5, 0.6) is 0 Å². The molecular formula is C8H12O2. The molecule has 2 heteroatoms. The molecule has 1 saturated heterocycles. The first-order valence-electron chi connectivity index (χ1n) is 4.00. The minimum absolute atomic E-state index is 0.0278. The maximum absolute atomic E-state index is 10.3. The third-order valence-corrected chi connectivity index (χ3v) is 2.65. The molecule has 2 rings (SSSR count). The second-order valence-electron chi connectivity index (χ2n) is 3.30. The molecule has 1 heterocycles. The Kier molecular flexibility index (Phi) is 1.31. The predicted molar refractivity (Wildman–Crippen MR) is 36.8 cm³/mol. The number of carbonyl (C=O) groups is 1. The van der Waals surface area contributed by atoms with E-state index in [1.54, 1.807) is 0 Å². The number of hydrogen-bond acceptors (Lipinski definition) is 2. The summed E-state index contributed by atoms with van der Waals surface area (Å²) in [5.74, 6) is 0. The first-order chi connectivity index (χ1) is 4.87. The van der Waals surface area contributed by atoms with Gasteiger partial charge in [-0.3, -0.25) is 0 Å². The lowest BCUT2D eigenvalue weighted by atomic mass is 9.87. The Balaban J connectivity index is 1.97. The lowest BCUT2D eigenvalue weighted by molar-refractivity contribution is -0.108. The van der Waals surface area contributed by atoms with Crippen LogP contribution in [0, 0.1) is 0 Å². The summed E-state index contributed by atoms with van der Waals surface area (Å²) >= 11 is 0. The Hall–Kier alpha value is -0.370. The molecule has 0 N–H and O–H groups in total.